The summed E-state index contributed by atoms with van der Waals surface area (Å²) < 4.78 is 26.3. The molecule has 2 N–H and O–H groups in total. The van der Waals surface area contributed by atoms with Crippen LogP contribution in [0.2, 0.25) is 0 Å². The van der Waals surface area contributed by atoms with Crippen LogP contribution in [0.4, 0.5) is 0 Å². The predicted octanol–water partition coefficient (Wildman–Crippen LogP) is 0.424. The standard InChI is InChI=1S/C11H18N2O3S/c1-9-6-4-5-7-10(9)11(14)8-12-17(15,16)13(2)3/h4-7,11-12,14H,8H2,1-3H3. The van der Waals surface area contributed by atoms with Crippen molar-refractivity contribution < 1.29 is 13.5 Å². The van der Waals surface area contributed by atoms with E-state index in [1.165, 1.54) is 14.1 Å². The van der Waals surface area contributed by atoms with Gasteiger partial charge in [0.2, 0.25) is 0 Å². The highest BCUT2D eigenvalue weighted by Crippen LogP contribution is 2.16. The van der Waals surface area contributed by atoms with Crippen LogP contribution in [0.3, 0.4) is 0 Å². The van der Waals surface area contributed by atoms with Crippen molar-refractivity contribution in [3.05, 3.63) is 35.4 Å². The molecule has 0 spiro atoms. The van der Waals surface area contributed by atoms with E-state index in [0.29, 0.717) is 0 Å². The highest BCUT2D eigenvalue weighted by atomic mass is 32.2. The zero-order chi connectivity index (χ0) is 13.1. The summed E-state index contributed by atoms with van der Waals surface area (Å²) in [6.07, 6.45) is -0.842. The van der Waals surface area contributed by atoms with Gasteiger partial charge in [-0.25, -0.2) is 0 Å². The first-order chi connectivity index (χ1) is 7.84. The van der Waals surface area contributed by atoms with Crippen molar-refractivity contribution in [2.45, 2.75) is 13.0 Å². The van der Waals surface area contributed by atoms with Crippen LogP contribution in [-0.2, 0) is 10.2 Å². The monoisotopic (exact) mass is 258 g/mol. The molecule has 0 aliphatic rings. The van der Waals surface area contributed by atoms with Crippen LogP contribution in [0.1, 0.15) is 17.2 Å². The summed E-state index contributed by atoms with van der Waals surface area (Å²) in [5.41, 5.74) is 1.66. The van der Waals surface area contributed by atoms with Crippen molar-refractivity contribution in [1.82, 2.24) is 9.03 Å². The highest BCUT2D eigenvalue weighted by molar-refractivity contribution is 7.87. The quantitative estimate of drug-likeness (QED) is 0.804. The number of aryl methyl sites for hydroxylation is 1. The van der Waals surface area contributed by atoms with Crippen LogP contribution >= 0.6 is 0 Å². The molecule has 1 rings (SSSR count). The molecular formula is C11H18N2O3S. The SMILES string of the molecule is Cc1ccccc1C(O)CNS(=O)(=O)N(C)C. The largest absolute Gasteiger partial charge is 0.387 e. The molecule has 5 nitrogen and oxygen atoms in total. The molecule has 0 aliphatic heterocycles. The summed E-state index contributed by atoms with van der Waals surface area (Å²) in [6, 6.07) is 7.34. The Morgan fingerprint density at radius 1 is 1.35 bits per heavy atom. The molecule has 1 aromatic rings. The molecule has 0 heterocycles. The van der Waals surface area contributed by atoms with Crippen LogP contribution < -0.4 is 4.72 Å². The van der Waals surface area contributed by atoms with Gasteiger partial charge in [0.25, 0.3) is 10.2 Å². The van der Waals surface area contributed by atoms with E-state index < -0.39 is 16.3 Å². The van der Waals surface area contributed by atoms with Gasteiger partial charge < -0.3 is 5.11 Å². The topological polar surface area (TPSA) is 69.6 Å². The second kappa shape index (κ2) is 5.59. The average Bonchev–Trinajstić information content (AvgIpc) is 2.26. The van der Waals surface area contributed by atoms with Crippen molar-refractivity contribution in [2.24, 2.45) is 0 Å². The molecule has 0 bridgehead atoms. The lowest BCUT2D eigenvalue weighted by Gasteiger charge is -2.17. The third kappa shape index (κ3) is 3.78. The van der Waals surface area contributed by atoms with Crippen molar-refractivity contribution in [3.63, 3.8) is 0 Å². The summed E-state index contributed by atoms with van der Waals surface area (Å²) in [6.45, 7) is 1.84. The third-order valence-corrected chi connectivity index (χ3v) is 3.98. The fraction of sp³-hybridized carbons (Fsp3) is 0.455. The number of nitrogens with one attached hydrogen (secondary N) is 1. The second-order valence-corrected chi connectivity index (χ2v) is 5.98. The minimum absolute atomic E-state index is 0.0363. The van der Waals surface area contributed by atoms with Crippen molar-refractivity contribution in [2.75, 3.05) is 20.6 Å². The fourth-order valence-corrected chi connectivity index (χ4v) is 2.01. The lowest BCUT2D eigenvalue weighted by Crippen LogP contribution is -2.37. The molecule has 6 heteroatoms. The number of hydrogen-bond donors (Lipinski definition) is 2. The first-order valence-corrected chi connectivity index (χ1v) is 6.69. The molecule has 0 saturated heterocycles. The molecule has 1 aromatic carbocycles. The Morgan fingerprint density at radius 2 is 1.94 bits per heavy atom. The summed E-state index contributed by atoms with van der Waals surface area (Å²) in [5, 5.41) is 9.90. The lowest BCUT2D eigenvalue weighted by atomic mass is 10.0. The molecule has 96 valence electrons. The van der Waals surface area contributed by atoms with Crippen molar-refractivity contribution in [1.29, 1.82) is 0 Å². The Kier molecular flexibility index (Phi) is 4.64. The molecule has 0 fully saturated rings. The molecule has 0 saturated carbocycles. The zero-order valence-electron chi connectivity index (χ0n) is 10.2. The molecule has 1 atom stereocenters. The maximum atomic E-state index is 11.5. The van der Waals surface area contributed by atoms with E-state index in [1.54, 1.807) is 6.07 Å². The Labute approximate surface area is 102 Å². The predicted molar refractivity (Wildman–Crippen MR) is 66.7 cm³/mol. The maximum absolute atomic E-state index is 11.5. The van der Waals surface area contributed by atoms with E-state index in [2.05, 4.69) is 4.72 Å². The van der Waals surface area contributed by atoms with Gasteiger partial charge in [0.15, 0.2) is 0 Å². The number of rotatable bonds is 5. The van der Waals surface area contributed by atoms with Gasteiger partial charge in [0, 0.05) is 20.6 Å². The normalized spacial score (nSPS) is 13.9. The number of nitrogens with zero attached hydrogens (tertiary/aromatic N) is 1. The Balaban J connectivity index is 2.69. The van der Waals surface area contributed by atoms with Gasteiger partial charge in [-0.15, -0.1) is 0 Å². The third-order valence-electron chi connectivity index (χ3n) is 2.49. The van der Waals surface area contributed by atoms with Gasteiger partial charge in [-0.05, 0) is 18.1 Å². The van der Waals surface area contributed by atoms with Gasteiger partial charge in [-0.3, -0.25) is 0 Å². The Morgan fingerprint density at radius 3 is 2.47 bits per heavy atom. The van der Waals surface area contributed by atoms with Gasteiger partial charge >= 0.3 is 0 Å². The van der Waals surface area contributed by atoms with Crippen LogP contribution in [0, 0.1) is 6.92 Å². The van der Waals surface area contributed by atoms with E-state index in [-0.39, 0.29) is 6.54 Å². The molecule has 0 amide bonds. The number of aliphatic hydroxyl groups excluding tert-OH is 1. The van der Waals surface area contributed by atoms with E-state index in [0.717, 1.165) is 15.4 Å². The molecule has 0 radical (unpaired) electrons. The van der Waals surface area contributed by atoms with Gasteiger partial charge in [-0.2, -0.15) is 17.4 Å². The van der Waals surface area contributed by atoms with Crippen molar-refractivity contribution in [3.8, 4) is 0 Å². The van der Waals surface area contributed by atoms with Crippen LogP contribution in [0.5, 0.6) is 0 Å². The fourth-order valence-electron chi connectivity index (χ4n) is 1.38. The summed E-state index contributed by atoms with van der Waals surface area (Å²) in [7, 11) is -0.625. The van der Waals surface area contributed by atoms with Crippen molar-refractivity contribution >= 4 is 10.2 Å². The molecule has 1 unspecified atom stereocenters. The number of aliphatic hydroxyl groups is 1. The number of hydrogen-bond acceptors (Lipinski definition) is 3. The van der Waals surface area contributed by atoms with Crippen LogP contribution in [0.15, 0.2) is 24.3 Å². The smallest absolute Gasteiger partial charge is 0.279 e. The van der Waals surface area contributed by atoms with E-state index >= 15 is 0 Å². The van der Waals surface area contributed by atoms with E-state index in [1.807, 2.05) is 25.1 Å². The second-order valence-electron chi connectivity index (χ2n) is 4.01. The first-order valence-electron chi connectivity index (χ1n) is 5.25. The Hall–Kier alpha value is -0.950. The maximum Gasteiger partial charge on any atom is 0.279 e. The average molecular weight is 258 g/mol. The van der Waals surface area contributed by atoms with Gasteiger partial charge in [0.05, 0.1) is 6.10 Å². The minimum Gasteiger partial charge on any atom is -0.387 e. The van der Waals surface area contributed by atoms with Crippen LogP contribution in [-0.4, -0.2) is 38.5 Å². The minimum atomic E-state index is -3.49. The molecule has 17 heavy (non-hydrogen) atoms. The summed E-state index contributed by atoms with van der Waals surface area (Å²) >= 11 is 0. The molecular weight excluding hydrogens is 240 g/mol. The van der Waals surface area contributed by atoms with E-state index in [9.17, 15) is 13.5 Å². The van der Waals surface area contributed by atoms with E-state index in [4.69, 9.17) is 0 Å². The first kappa shape index (κ1) is 14.1. The molecule has 0 aliphatic carbocycles. The highest BCUT2D eigenvalue weighted by Gasteiger charge is 2.16. The summed E-state index contributed by atoms with van der Waals surface area (Å²) in [5.74, 6) is 0. The zero-order valence-corrected chi connectivity index (χ0v) is 11.0. The van der Waals surface area contributed by atoms with Gasteiger partial charge in [-0.1, -0.05) is 24.3 Å². The Bertz CT molecular complexity index is 471. The molecule has 0 aromatic heterocycles. The lowest BCUT2D eigenvalue weighted by molar-refractivity contribution is 0.180. The van der Waals surface area contributed by atoms with Gasteiger partial charge in [0.1, 0.15) is 0 Å². The van der Waals surface area contributed by atoms with Crippen LogP contribution in [0.25, 0.3) is 0 Å². The number of benzene rings is 1. The summed E-state index contributed by atoms with van der Waals surface area (Å²) in [4.78, 5) is 0.